The first kappa shape index (κ1) is 18.0. The van der Waals surface area contributed by atoms with Crippen LogP contribution in [-0.4, -0.2) is 28.8 Å². The van der Waals surface area contributed by atoms with Gasteiger partial charge in [-0.25, -0.2) is 9.59 Å². The summed E-state index contributed by atoms with van der Waals surface area (Å²) in [7, 11) is 0. The Balaban J connectivity index is 2.78. The first-order chi connectivity index (χ1) is 10.1. The van der Waals surface area contributed by atoms with E-state index in [9.17, 15) is 9.59 Å². The van der Waals surface area contributed by atoms with Crippen LogP contribution in [0.1, 0.15) is 44.9 Å². The predicted octanol–water partition coefficient (Wildman–Crippen LogP) is 2.23. The highest BCUT2D eigenvalue weighted by Crippen LogP contribution is 2.18. The van der Waals surface area contributed by atoms with Crippen molar-refractivity contribution in [3.63, 3.8) is 0 Å². The Hall–Kier alpha value is -2.08. The first-order valence-electron chi connectivity index (χ1n) is 7.15. The Morgan fingerprint density at radius 3 is 2.55 bits per heavy atom. The van der Waals surface area contributed by atoms with Crippen LogP contribution in [-0.2, 0) is 16.0 Å². The molecule has 0 spiro atoms. The van der Waals surface area contributed by atoms with E-state index in [0.29, 0.717) is 12.0 Å². The monoisotopic (exact) mass is 308 g/mol. The number of ether oxygens (including phenoxy) is 1. The molecule has 1 aromatic rings. The molecule has 122 valence electrons. The molecule has 0 fully saturated rings. The van der Waals surface area contributed by atoms with Gasteiger partial charge in [-0.15, -0.1) is 0 Å². The zero-order valence-electron chi connectivity index (χ0n) is 13.4. The molecule has 2 atom stereocenters. The van der Waals surface area contributed by atoms with Gasteiger partial charge in [-0.2, -0.15) is 0 Å². The summed E-state index contributed by atoms with van der Waals surface area (Å²) in [5.41, 5.74) is 6.90. The average Bonchev–Trinajstić information content (AvgIpc) is 2.34. The van der Waals surface area contributed by atoms with Gasteiger partial charge in [0.25, 0.3) is 0 Å². The van der Waals surface area contributed by atoms with Crippen LogP contribution < -0.4 is 11.1 Å². The summed E-state index contributed by atoms with van der Waals surface area (Å²) in [5.74, 6) is -0.485. The molecule has 0 radical (unpaired) electrons. The van der Waals surface area contributed by atoms with Crippen LogP contribution in [0.2, 0.25) is 0 Å². The smallest absolute Gasteiger partial charge is 0.404 e. The van der Waals surface area contributed by atoms with Crippen LogP contribution in [0.5, 0.6) is 0 Å². The summed E-state index contributed by atoms with van der Waals surface area (Å²) < 4.78 is 5.27. The zero-order chi connectivity index (χ0) is 16.9. The lowest BCUT2D eigenvalue weighted by molar-refractivity contribution is -0.156. The third-order valence-corrected chi connectivity index (χ3v) is 2.88. The quantitative estimate of drug-likeness (QED) is 0.724. The maximum Gasteiger partial charge on any atom is 0.404 e. The number of esters is 1. The van der Waals surface area contributed by atoms with Gasteiger partial charge in [-0.05, 0) is 45.2 Å². The molecular formula is C16H24N2O4. The second-order valence-corrected chi connectivity index (χ2v) is 6.31. The fraction of sp³-hybridized carbons (Fsp3) is 0.500. The number of nitrogens with one attached hydrogen (secondary N) is 1. The van der Waals surface area contributed by atoms with Gasteiger partial charge in [0.15, 0.2) is 0 Å². The largest absolute Gasteiger partial charge is 0.465 e. The van der Waals surface area contributed by atoms with Gasteiger partial charge in [-0.1, -0.05) is 24.3 Å². The fourth-order valence-corrected chi connectivity index (χ4v) is 2.03. The minimum atomic E-state index is -1.06. The summed E-state index contributed by atoms with van der Waals surface area (Å²) >= 11 is 0. The van der Waals surface area contributed by atoms with Crippen LogP contribution >= 0.6 is 0 Å². The topological polar surface area (TPSA) is 102 Å². The summed E-state index contributed by atoms with van der Waals surface area (Å²) in [5, 5.41) is 11.1. The van der Waals surface area contributed by atoms with E-state index in [4.69, 9.17) is 15.6 Å². The number of carboxylic acid groups (broad SMARTS) is 1. The minimum Gasteiger partial charge on any atom is -0.465 e. The molecule has 0 heterocycles. The Morgan fingerprint density at radius 2 is 2.00 bits per heavy atom. The standard InChI is InChI=1S/C16H24N2O4/c1-10(18-15(20)21)8-11-6-5-7-12(9-11)13(17)14(19)22-16(2,3)4/h5-7,9-10,13,18H,8,17H2,1-4H3,(H,20,21). The average molecular weight is 308 g/mol. The number of carbonyl (C=O) groups is 2. The molecular weight excluding hydrogens is 284 g/mol. The molecule has 1 aromatic carbocycles. The molecule has 2 unspecified atom stereocenters. The molecule has 1 rings (SSSR count). The van der Waals surface area contributed by atoms with Gasteiger partial charge < -0.3 is 20.9 Å². The molecule has 4 N–H and O–H groups in total. The third-order valence-electron chi connectivity index (χ3n) is 2.88. The Kier molecular flexibility index (Phi) is 5.93. The molecule has 6 nitrogen and oxygen atoms in total. The molecule has 1 amide bonds. The van der Waals surface area contributed by atoms with Gasteiger partial charge >= 0.3 is 12.1 Å². The van der Waals surface area contributed by atoms with E-state index in [1.54, 1.807) is 45.9 Å². The molecule has 0 bridgehead atoms. The van der Waals surface area contributed by atoms with Crippen molar-refractivity contribution in [3.05, 3.63) is 35.4 Å². The van der Waals surface area contributed by atoms with Crippen molar-refractivity contribution < 1.29 is 19.4 Å². The van der Waals surface area contributed by atoms with Gasteiger partial charge in [0.1, 0.15) is 11.6 Å². The SMILES string of the molecule is CC(Cc1cccc(C(N)C(=O)OC(C)(C)C)c1)NC(=O)O. The van der Waals surface area contributed by atoms with Crippen molar-refractivity contribution in [2.24, 2.45) is 5.73 Å². The van der Waals surface area contributed by atoms with Crippen molar-refractivity contribution in [1.29, 1.82) is 0 Å². The van der Waals surface area contributed by atoms with E-state index in [2.05, 4.69) is 5.32 Å². The Bertz CT molecular complexity index is 537. The van der Waals surface area contributed by atoms with Crippen LogP contribution in [0.3, 0.4) is 0 Å². The number of hydrogen-bond donors (Lipinski definition) is 3. The predicted molar refractivity (Wildman–Crippen MR) is 83.5 cm³/mol. The van der Waals surface area contributed by atoms with Crippen molar-refractivity contribution >= 4 is 12.1 Å². The number of benzene rings is 1. The number of hydrogen-bond acceptors (Lipinski definition) is 4. The van der Waals surface area contributed by atoms with Gasteiger partial charge in [0.05, 0.1) is 0 Å². The lowest BCUT2D eigenvalue weighted by Crippen LogP contribution is -2.33. The van der Waals surface area contributed by atoms with Gasteiger partial charge in [0, 0.05) is 6.04 Å². The van der Waals surface area contributed by atoms with Gasteiger partial charge in [-0.3, -0.25) is 0 Å². The normalized spacial score (nSPS) is 14.0. The Morgan fingerprint density at radius 1 is 1.36 bits per heavy atom. The lowest BCUT2D eigenvalue weighted by Gasteiger charge is -2.22. The van der Waals surface area contributed by atoms with E-state index in [1.807, 2.05) is 6.07 Å². The van der Waals surface area contributed by atoms with E-state index < -0.39 is 23.7 Å². The van der Waals surface area contributed by atoms with Crippen molar-refractivity contribution in [2.75, 3.05) is 0 Å². The molecule has 0 aromatic heterocycles. The molecule has 0 aliphatic rings. The summed E-state index contributed by atoms with van der Waals surface area (Å²) in [6.07, 6.45) is -0.546. The third kappa shape index (κ3) is 6.13. The number of nitrogens with two attached hydrogens (primary N) is 1. The van der Waals surface area contributed by atoms with Crippen LogP contribution in [0.15, 0.2) is 24.3 Å². The second kappa shape index (κ2) is 7.26. The van der Waals surface area contributed by atoms with E-state index in [-0.39, 0.29) is 6.04 Å². The zero-order valence-corrected chi connectivity index (χ0v) is 13.4. The van der Waals surface area contributed by atoms with Crippen LogP contribution in [0.4, 0.5) is 4.79 Å². The molecule has 0 saturated heterocycles. The van der Waals surface area contributed by atoms with Crippen LogP contribution in [0.25, 0.3) is 0 Å². The summed E-state index contributed by atoms with van der Waals surface area (Å²) in [4.78, 5) is 22.6. The number of carbonyl (C=O) groups excluding carboxylic acids is 1. The molecule has 22 heavy (non-hydrogen) atoms. The highest BCUT2D eigenvalue weighted by molar-refractivity contribution is 5.77. The van der Waals surface area contributed by atoms with Gasteiger partial charge in [0.2, 0.25) is 0 Å². The van der Waals surface area contributed by atoms with E-state index in [1.165, 1.54) is 0 Å². The maximum atomic E-state index is 12.0. The number of amides is 1. The molecule has 0 saturated carbocycles. The summed E-state index contributed by atoms with van der Waals surface area (Å²) in [6.45, 7) is 7.13. The lowest BCUT2D eigenvalue weighted by atomic mass is 10.0. The maximum absolute atomic E-state index is 12.0. The van der Waals surface area contributed by atoms with Crippen molar-refractivity contribution in [3.8, 4) is 0 Å². The van der Waals surface area contributed by atoms with Crippen molar-refractivity contribution in [1.82, 2.24) is 5.32 Å². The summed E-state index contributed by atoms with van der Waals surface area (Å²) in [6, 6.07) is 6.13. The highest BCUT2D eigenvalue weighted by Gasteiger charge is 2.23. The number of rotatable bonds is 5. The highest BCUT2D eigenvalue weighted by atomic mass is 16.6. The molecule has 0 aliphatic heterocycles. The van der Waals surface area contributed by atoms with Crippen molar-refractivity contribution in [2.45, 2.75) is 51.8 Å². The van der Waals surface area contributed by atoms with E-state index in [0.717, 1.165) is 5.56 Å². The second-order valence-electron chi connectivity index (χ2n) is 6.31. The minimum absolute atomic E-state index is 0.231. The molecule has 0 aliphatic carbocycles. The molecule has 6 heteroatoms. The van der Waals surface area contributed by atoms with Crippen LogP contribution in [0, 0.1) is 0 Å². The fourth-order valence-electron chi connectivity index (χ4n) is 2.03. The Labute approximate surface area is 130 Å². The van der Waals surface area contributed by atoms with E-state index >= 15 is 0 Å². The first-order valence-corrected chi connectivity index (χ1v) is 7.15.